The molecule has 6 heteroatoms. The van der Waals surface area contributed by atoms with Crippen LogP contribution in [0.1, 0.15) is 48.9 Å². The number of likely N-dealkylation sites (tertiary alicyclic amines) is 2. The van der Waals surface area contributed by atoms with Gasteiger partial charge in [-0.1, -0.05) is 0 Å². The molecule has 1 saturated carbocycles. The minimum Gasteiger partial charge on any atom is -0.493 e. The molecular formula is C23H35N3O3. The molecule has 0 radical (unpaired) electrons. The molecule has 3 fully saturated rings. The highest BCUT2D eigenvalue weighted by Crippen LogP contribution is 2.29. The maximum atomic E-state index is 12.8. The second-order valence-electron chi connectivity index (χ2n) is 9.10. The number of ether oxygens (including phenoxy) is 1. The summed E-state index contributed by atoms with van der Waals surface area (Å²) in [5.41, 5.74) is 0.617. The number of rotatable bonds is 6. The summed E-state index contributed by atoms with van der Waals surface area (Å²) in [6.07, 6.45) is 6.08. The number of carbonyl (C=O) groups excluding carboxylic acids is 1. The standard InChI is InChI=1S/C23H35N3O3/c1-25-13-10-19(11-14-25)26-12-2-3-22(27)21(15-26)24-23(28)18-6-8-20(9-7-18)29-16-17-4-5-17/h6-9,17,19,21-22,27H,2-5,10-16H2,1H3,(H,24,28)/t21-,22-/m1/s1. The Labute approximate surface area is 174 Å². The molecule has 2 aliphatic heterocycles. The summed E-state index contributed by atoms with van der Waals surface area (Å²) >= 11 is 0. The van der Waals surface area contributed by atoms with Gasteiger partial charge in [0.15, 0.2) is 0 Å². The van der Waals surface area contributed by atoms with Crippen LogP contribution >= 0.6 is 0 Å². The highest BCUT2D eigenvalue weighted by atomic mass is 16.5. The Bertz CT molecular complexity index is 668. The van der Waals surface area contributed by atoms with E-state index >= 15 is 0 Å². The number of benzene rings is 1. The third-order valence-corrected chi connectivity index (χ3v) is 6.66. The molecule has 3 aliphatic rings. The zero-order valence-electron chi connectivity index (χ0n) is 17.6. The number of nitrogens with one attached hydrogen (secondary N) is 1. The molecule has 0 bridgehead atoms. The van der Waals surface area contributed by atoms with Crippen molar-refractivity contribution in [1.82, 2.24) is 15.1 Å². The van der Waals surface area contributed by atoms with E-state index < -0.39 is 6.10 Å². The van der Waals surface area contributed by atoms with Crippen LogP contribution in [0.2, 0.25) is 0 Å². The maximum Gasteiger partial charge on any atom is 0.251 e. The predicted octanol–water partition coefficient (Wildman–Crippen LogP) is 2.12. The first kappa shape index (κ1) is 20.6. The third-order valence-electron chi connectivity index (χ3n) is 6.66. The molecule has 0 spiro atoms. The van der Waals surface area contributed by atoms with Gasteiger partial charge in [-0.05, 0) is 95.4 Å². The quantitative estimate of drug-likeness (QED) is 0.765. The molecule has 0 unspecified atom stereocenters. The lowest BCUT2D eigenvalue weighted by Gasteiger charge is -2.38. The zero-order chi connectivity index (χ0) is 20.2. The van der Waals surface area contributed by atoms with Crippen LogP contribution in [0.15, 0.2) is 24.3 Å². The van der Waals surface area contributed by atoms with Crippen molar-refractivity contribution in [2.24, 2.45) is 5.92 Å². The lowest BCUT2D eigenvalue weighted by atomic mass is 10.0. The van der Waals surface area contributed by atoms with Crippen molar-refractivity contribution < 1.29 is 14.6 Å². The number of piperidine rings is 1. The monoisotopic (exact) mass is 401 g/mol. The number of aliphatic hydroxyl groups excluding tert-OH is 1. The molecule has 1 aliphatic carbocycles. The highest BCUT2D eigenvalue weighted by Gasteiger charge is 2.31. The van der Waals surface area contributed by atoms with Crippen LogP contribution in [-0.4, -0.2) is 78.8 Å². The molecule has 1 aromatic carbocycles. The average molecular weight is 402 g/mol. The summed E-state index contributed by atoms with van der Waals surface area (Å²) in [6, 6.07) is 7.69. The summed E-state index contributed by atoms with van der Waals surface area (Å²) in [4.78, 5) is 17.7. The molecule has 2 heterocycles. The Hall–Kier alpha value is -1.63. The zero-order valence-corrected chi connectivity index (χ0v) is 17.6. The van der Waals surface area contributed by atoms with Crippen LogP contribution in [0.5, 0.6) is 5.75 Å². The van der Waals surface area contributed by atoms with Crippen molar-refractivity contribution in [2.75, 3.05) is 39.8 Å². The molecule has 2 saturated heterocycles. The van der Waals surface area contributed by atoms with Gasteiger partial charge in [0.25, 0.3) is 5.91 Å². The van der Waals surface area contributed by atoms with Gasteiger partial charge in [-0.25, -0.2) is 0 Å². The molecule has 4 rings (SSSR count). The van der Waals surface area contributed by atoms with Gasteiger partial charge in [0.1, 0.15) is 5.75 Å². The average Bonchev–Trinajstić information content (AvgIpc) is 3.57. The number of nitrogens with zero attached hydrogens (tertiary/aromatic N) is 2. The van der Waals surface area contributed by atoms with Crippen LogP contribution in [-0.2, 0) is 0 Å². The van der Waals surface area contributed by atoms with Crippen molar-refractivity contribution in [3.8, 4) is 5.75 Å². The van der Waals surface area contributed by atoms with E-state index in [2.05, 4.69) is 22.2 Å². The molecule has 160 valence electrons. The number of hydrogen-bond donors (Lipinski definition) is 2. The number of carbonyl (C=O) groups is 1. The van der Waals surface area contributed by atoms with E-state index in [0.717, 1.165) is 64.2 Å². The van der Waals surface area contributed by atoms with Crippen LogP contribution in [0.4, 0.5) is 0 Å². The Morgan fingerprint density at radius 2 is 1.83 bits per heavy atom. The fourth-order valence-electron chi connectivity index (χ4n) is 4.46. The Morgan fingerprint density at radius 3 is 2.52 bits per heavy atom. The van der Waals surface area contributed by atoms with Crippen LogP contribution < -0.4 is 10.1 Å². The first-order valence-electron chi connectivity index (χ1n) is 11.2. The van der Waals surface area contributed by atoms with Gasteiger partial charge < -0.3 is 20.1 Å². The van der Waals surface area contributed by atoms with Crippen molar-refractivity contribution >= 4 is 5.91 Å². The van der Waals surface area contributed by atoms with Gasteiger partial charge in [-0.3, -0.25) is 9.69 Å². The molecule has 0 aromatic heterocycles. The normalized spacial score (nSPS) is 27.4. The summed E-state index contributed by atoms with van der Waals surface area (Å²) in [7, 11) is 2.17. The molecule has 29 heavy (non-hydrogen) atoms. The fraction of sp³-hybridized carbons (Fsp3) is 0.696. The highest BCUT2D eigenvalue weighted by molar-refractivity contribution is 5.94. The maximum absolute atomic E-state index is 12.8. The van der Waals surface area contributed by atoms with Crippen molar-refractivity contribution in [3.05, 3.63) is 29.8 Å². The first-order valence-corrected chi connectivity index (χ1v) is 11.2. The lowest BCUT2D eigenvalue weighted by Crippen LogP contribution is -2.52. The molecule has 6 nitrogen and oxygen atoms in total. The van der Waals surface area contributed by atoms with Gasteiger partial charge in [0.2, 0.25) is 0 Å². The lowest BCUT2D eigenvalue weighted by molar-refractivity contribution is 0.0723. The predicted molar refractivity (Wildman–Crippen MR) is 113 cm³/mol. The second-order valence-corrected chi connectivity index (χ2v) is 9.10. The fourth-order valence-corrected chi connectivity index (χ4v) is 4.46. The molecule has 1 aromatic rings. The van der Waals surface area contributed by atoms with Crippen LogP contribution in [0.25, 0.3) is 0 Å². The van der Waals surface area contributed by atoms with Gasteiger partial charge in [0, 0.05) is 18.2 Å². The summed E-state index contributed by atoms with van der Waals surface area (Å²) in [5.74, 6) is 1.41. The van der Waals surface area contributed by atoms with Crippen molar-refractivity contribution in [2.45, 2.75) is 56.7 Å². The molecular weight excluding hydrogens is 366 g/mol. The number of hydrogen-bond acceptors (Lipinski definition) is 5. The Balaban J connectivity index is 1.33. The smallest absolute Gasteiger partial charge is 0.251 e. The van der Waals surface area contributed by atoms with Crippen molar-refractivity contribution in [3.63, 3.8) is 0 Å². The summed E-state index contributed by atoms with van der Waals surface area (Å²) in [5, 5.41) is 13.7. The Morgan fingerprint density at radius 1 is 1.10 bits per heavy atom. The van der Waals surface area contributed by atoms with Gasteiger partial charge in [-0.15, -0.1) is 0 Å². The first-order chi connectivity index (χ1) is 14.1. The molecule has 1 amide bonds. The van der Waals surface area contributed by atoms with Crippen molar-refractivity contribution in [1.29, 1.82) is 0 Å². The van der Waals surface area contributed by atoms with Gasteiger partial charge >= 0.3 is 0 Å². The van der Waals surface area contributed by atoms with E-state index in [1.54, 1.807) is 0 Å². The van der Waals surface area contributed by atoms with Gasteiger partial charge in [-0.2, -0.15) is 0 Å². The van der Waals surface area contributed by atoms with E-state index in [4.69, 9.17) is 4.74 Å². The van der Waals surface area contributed by atoms with E-state index in [0.29, 0.717) is 17.5 Å². The minimum absolute atomic E-state index is 0.118. The number of amides is 1. The second kappa shape index (κ2) is 9.45. The largest absolute Gasteiger partial charge is 0.493 e. The SMILES string of the molecule is CN1CCC(N2CCC[C@@H](O)[C@H](NC(=O)c3ccc(OCC4CC4)cc3)C2)CC1. The summed E-state index contributed by atoms with van der Waals surface area (Å²) in [6.45, 7) is 4.74. The Kier molecular flexibility index (Phi) is 6.73. The van der Waals surface area contributed by atoms with E-state index in [-0.39, 0.29) is 11.9 Å². The number of aliphatic hydroxyl groups is 1. The van der Waals surface area contributed by atoms with Gasteiger partial charge in [0.05, 0.1) is 18.8 Å². The minimum atomic E-state index is -0.489. The molecule has 2 atom stereocenters. The molecule has 2 N–H and O–H groups in total. The van der Waals surface area contributed by atoms with Crippen LogP contribution in [0, 0.1) is 5.92 Å². The summed E-state index contributed by atoms with van der Waals surface area (Å²) < 4.78 is 5.76. The van der Waals surface area contributed by atoms with Crippen LogP contribution in [0.3, 0.4) is 0 Å². The topological polar surface area (TPSA) is 65.0 Å². The van der Waals surface area contributed by atoms with E-state index in [1.165, 1.54) is 12.8 Å². The van der Waals surface area contributed by atoms with E-state index in [9.17, 15) is 9.90 Å². The van der Waals surface area contributed by atoms with E-state index in [1.807, 2.05) is 24.3 Å². The third kappa shape index (κ3) is 5.71.